The molecule has 0 aromatic carbocycles. The first kappa shape index (κ1) is 13.2. The van der Waals surface area contributed by atoms with Gasteiger partial charge in [-0.2, -0.15) is 0 Å². The summed E-state index contributed by atoms with van der Waals surface area (Å²) in [6.45, 7) is 7.35. The molecule has 0 saturated heterocycles. The van der Waals surface area contributed by atoms with Gasteiger partial charge in [-0.1, -0.05) is 6.92 Å². The van der Waals surface area contributed by atoms with Crippen molar-refractivity contribution in [2.45, 2.75) is 39.3 Å². The summed E-state index contributed by atoms with van der Waals surface area (Å²) < 4.78 is 0. The number of nitrogens with two attached hydrogens (primary N) is 1. The van der Waals surface area contributed by atoms with E-state index in [2.05, 4.69) is 42.7 Å². The van der Waals surface area contributed by atoms with Gasteiger partial charge in [0.15, 0.2) is 0 Å². The minimum absolute atomic E-state index is 0.141. The second-order valence-electron chi connectivity index (χ2n) is 5.19. The van der Waals surface area contributed by atoms with Crippen molar-refractivity contribution >= 4 is 27.4 Å². The lowest BCUT2D eigenvalue weighted by molar-refractivity contribution is 0.139. The highest BCUT2D eigenvalue weighted by Crippen LogP contribution is 2.24. The number of fused-ring (bicyclic) bond motifs is 1. The van der Waals surface area contributed by atoms with Crippen molar-refractivity contribution in [3.63, 3.8) is 0 Å². The lowest BCUT2D eigenvalue weighted by atomic mass is 10.0. The van der Waals surface area contributed by atoms with Crippen molar-refractivity contribution in [2.24, 2.45) is 0 Å². The molecule has 0 radical (unpaired) electrons. The van der Waals surface area contributed by atoms with Gasteiger partial charge in [-0.15, -0.1) is 11.3 Å². The molecule has 0 aliphatic rings. The lowest BCUT2D eigenvalue weighted by Gasteiger charge is -2.34. The van der Waals surface area contributed by atoms with Crippen LogP contribution in [0.3, 0.4) is 0 Å². The van der Waals surface area contributed by atoms with Gasteiger partial charge in [-0.3, -0.25) is 4.90 Å². The van der Waals surface area contributed by atoms with Gasteiger partial charge in [-0.05, 0) is 38.8 Å². The summed E-state index contributed by atoms with van der Waals surface area (Å²) in [6, 6.07) is 1.97. The number of thiophene rings is 1. The topological polar surface area (TPSA) is 55.0 Å². The van der Waals surface area contributed by atoms with Gasteiger partial charge in [0, 0.05) is 5.54 Å². The van der Waals surface area contributed by atoms with Gasteiger partial charge < -0.3 is 5.73 Å². The third kappa shape index (κ3) is 2.47. The molecule has 0 atom stereocenters. The fraction of sp³-hybridized carbons (Fsp3) is 0.538. The lowest BCUT2D eigenvalue weighted by Crippen LogP contribution is -2.40. The third-order valence-electron chi connectivity index (χ3n) is 3.68. The van der Waals surface area contributed by atoms with E-state index in [1.807, 2.05) is 11.4 Å². The van der Waals surface area contributed by atoms with Crippen LogP contribution in [0.1, 0.15) is 33.0 Å². The normalized spacial score (nSPS) is 12.5. The molecule has 0 aliphatic carbocycles. The van der Waals surface area contributed by atoms with Crippen LogP contribution in [0.2, 0.25) is 0 Å². The second kappa shape index (κ2) is 4.82. The van der Waals surface area contributed by atoms with Crippen molar-refractivity contribution in [3.8, 4) is 0 Å². The third-order valence-corrected chi connectivity index (χ3v) is 4.48. The van der Waals surface area contributed by atoms with Crippen LogP contribution in [0.4, 0.5) is 5.82 Å². The zero-order valence-electron chi connectivity index (χ0n) is 11.4. The molecular weight excluding hydrogens is 244 g/mol. The van der Waals surface area contributed by atoms with Crippen LogP contribution in [0.25, 0.3) is 10.2 Å². The van der Waals surface area contributed by atoms with E-state index in [0.717, 1.165) is 29.0 Å². The number of nitrogens with zero attached hydrogens (tertiary/aromatic N) is 3. The van der Waals surface area contributed by atoms with E-state index in [4.69, 9.17) is 5.73 Å². The van der Waals surface area contributed by atoms with Crippen LogP contribution in [-0.4, -0.2) is 27.5 Å². The van der Waals surface area contributed by atoms with Crippen LogP contribution in [0.5, 0.6) is 0 Å². The highest BCUT2D eigenvalue weighted by atomic mass is 32.1. The van der Waals surface area contributed by atoms with E-state index in [0.29, 0.717) is 5.82 Å². The average Bonchev–Trinajstić information content (AvgIpc) is 2.77. The molecule has 18 heavy (non-hydrogen) atoms. The maximum absolute atomic E-state index is 5.96. The fourth-order valence-corrected chi connectivity index (χ4v) is 2.48. The summed E-state index contributed by atoms with van der Waals surface area (Å²) >= 11 is 1.61. The van der Waals surface area contributed by atoms with Crippen molar-refractivity contribution in [1.29, 1.82) is 0 Å². The molecule has 0 aliphatic heterocycles. The molecule has 2 N–H and O–H groups in total. The molecule has 0 bridgehead atoms. The number of nitrogen functional groups attached to an aromatic ring is 1. The first-order valence-electron chi connectivity index (χ1n) is 6.15. The number of hydrogen-bond acceptors (Lipinski definition) is 5. The predicted molar refractivity (Wildman–Crippen MR) is 77.7 cm³/mol. The highest BCUT2D eigenvalue weighted by molar-refractivity contribution is 7.16. The summed E-state index contributed by atoms with van der Waals surface area (Å²) in [5.74, 6) is 1.38. The Kier molecular flexibility index (Phi) is 3.54. The van der Waals surface area contributed by atoms with Crippen molar-refractivity contribution in [1.82, 2.24) is 14.9 Å². The van der Waals surface area contributed by atoms with Crippen LogP contribution in [-0.2, 0) is 6.54 Å². The standard InChI is InChI=1S/C13H20N4S/c1-5-13(2,3)17(4)8-10-15-11(14)9-6-7-18-12(9)16-10/h6-7H,5,8H2,1-4H3,(H2,14,15,16). The molecule has 0 saturated carbocycles. The van der Waals surface area contributed by atoms with Crippen LogP contribution >= 0.6 is 11.3 Å². The maximum Gasteiger partial charge on any atom is 0.146 e. The summed E-state index contributed by atoms with van der Waals surface area (Å²) in [4.78, 5) is 12.2. The van der Waals surface area contributed by atoms with Crippen LogP contribution in [0, 0.1) is 0 Å². The Morgan fingerprint density at radius 3 is 2.78 bits per heavy atom. The van der Waals surface area contributed by atoms with Gasteiger partial charge in [-0.25, -0.2) is 9.97 Å². The summed E-state index contributed by atoms with van der Waals surface area (Å²) in [7, 11) is 2.10. The van der Waals surface area contributed by atoms with Gasteiger partial charge in [0.2, 0.25) is 0 Å². The summed E-state index contributed by atoms with van der Waals surface area (Å²) in [5, 5.41) is 2.96. The second-order valence-corrected chi connectivity index (χ2v) is 6.08. The molecule has 0 spiro atoms. The zero-order valence-corrected chi connectivity index (χ0v) is 12.2. The zero-order chi connectivity index (χ0) is 13.3. The Balaban J connectivity index is 2.27. The first-order chi connectivity index (χ1) is 8.44. The van der Waals surface area contributed by atoms with E-state index in [-0.39, 0.29) is 5.54 Å². The Bertz CT molecular complexity index is 547. The van der Waals surface area contributed by atoms with Gasteiger partial charge in [0.05, 0.1) is 11.9 Å². The molecule has 2 aromatic heterocycles. The number of rotatable bonds is 4. The van der Waals surface area contributed by atoms with Crippen molar-refractivity contribution in [2.75, 3.05) is 12.8 Å². The fourth-order valence-electron chi connectivity index (χ4n) is 1.69. The number of hydrogen-bond donors (Lipinski definition) is 1. The minimum atomic E-state index is 0.141. The highest BCUT2D eigenvalue weighted by Gasteiger charge is 2.22. The molecule has 0 unspecified atom stereocenters. The first-order valence-corrected chi connectivity index (χ1v) is 7.03. The van der Waals surface area contributed by atoms with Crippen molar-refractivity contribution < 1.29 is 0 Å². The molecule has 0 fully saturated rings. The van der Waals surface area contributed by atoms with Gasteiger partial charge in [0.25, 0.3) is 0 Å². The van der Waals surface area contributed by atoms with Crippen LogP contribution < -0.4 is 5.73 Å². The quantitative estimate of drug-likeness (QED) is 0.922. The SMILES string of the molecule is CCC(C)(C)N(C)Cc1nc(N)c2ccsc2n1. The molecule has 2 heterocycles. The van der Waals surface area contributed by atoms with E-state index in [1.54, 1.807) is 11.3 Å². The molecule has 0 amide bonds. The molecule has 2 rings (SSSR count). The number of anilines is 1. The predicted octanol–water partition coefficient (Wildman–Crippen LogP) is 2.89. The minimum Gasteiger partial charge on any atom is -0.383 e. The Morgan fingerprint density at radius 2 is 2.11 bits per heavy atom. The van der Waals surface area contributed by atoms with Crippen LogP contribution in [0.15, 0.2) is 11.4 Å². The monoisotopic (exact) mass is 264 g/mol. The van der Waals surface area contributed by atoms with E-state index in [9.17, 15) is 0 Å². The van der Waals surface area contributed by atoms with Gasteiger partial charge in [0.1, 0.15) is 16.5 Å². The Labute approximate surface area is 112 Å². The largest absolute Gasteiger partial charge is 0.383 e. The number of aromatic nitrogens is 2. The van der Waals surface area contributed by atoms with Crippen molar-refractivity contribution in [3.05, 3.63) is 17.3 Å². The summed E-state index contributed by atoms with van der Waals surface area (Å²) in [5.41, 5.74) is 6.10. The smallest absolute Gasteiger partial charge is 0.146 e. The van der Waals surface area contributed by atoms with E-state index < -0.39 is 0 Å². The molecule has 4 nitrogen and oxygen atoms in total. The molecule has 2 aromatic rings. The molecule has 98 valence electrons. The van der Waals surface area contributed by atoms with E-state index in [1.165, 1.54) is 0 Å². The summed E-state index contributed by atoms with van der Waals surface area (Å²) in [6.07, 6.45) is 1.08. The average molecular weight is 264 g/mol. The Hall–Kier alpha value is -1.20. The molecule has 5 heteroatoms. The van der Waals surface area contributed by atoms with Gasteiger partial charge >= 0.3 is 0 Å². The maximum atomic E-state index is 5.96. The molecular formula is C13H20N4S. The Morgan fingerprint density at radius 1 is 1.39 bits per heavy atom. The van der Waals surface area contributed by atoms with E-state index >= 15 is 0 Å².